The second-order valence-corrected chi connectivity index (χ2v) is 2.08. The second kappa shape index (κ2) is 3.87. The molecule has 0 heterocycles. The standard InChI is InChI=1S/C6H12N2O2/c1-4(5(2)8-10)6(9)7-3/h4,10H,1-3H3,(H,7,9)/b8-5+. The van der Waals surface area contributed by atoms with Crippen molar-refractivity contribution in [3.63, 3.8) is 0 Å². The Labute approximate surface area is 59.9 Å². The fraction of sp³-hybridized carbons (Fsp3) is 0.667. The number of nitrogens with one attached hydrogen (secondary N) is 1. The lowest BCUT2D eigenvalue weighted by Crippen LogP contribution is -2.29. The smallest absolute Gasteiger partial charge is 0.228 e. The van der Waals surface area contributed by atoms with Gasteiger partial charge in [-0.3, -0.25) is 4.79 Å². The van der Waals surface area contributed by atoms with Gasteiger partial charge < -0.3 is 10.5 Å². The Morgan fingerprint density at radius 1 is 1.70 bits per heavy atom. The number of rotatable bonds is 2. The predicted octanol–water partition coefficient (Wildman–Crippen LogP) is 0.219. The van der Waals surface area contributed by atoms with Crippen molar-refractivity contribution in [3.05, 3.63) is 0 Å². The number of carbonyl (C=O) groups excluding carboxylic acids is 1. The van der Waals surface area contributed by atoms with Crippen molar-refractivity contribution in [2.24, 2.45) is 11.1 Å². The van der Waals surface area contributed by atoms with Gasteiger partial charge in [0.1, 0.15) is 0 Å². The molecule has 0 aromatic rings. The van der Waals surface area contributed by atoms with Crippen LogP contribution in [0.1, 0.15) is 13.8 Å². The van der Waals surface area contributed by atoms with Crippen molar-refractivity contribution in [2.45, 2.75) is 13.8 Å². The number of hydrogen-bond donors (Lipinski definition) is 2. The number of oxime groups is 1. The molecule has 58 valence electrons. The molecule has 4 heteroatoms. The first-order valence-corrected chi connectivity index (χ1v) is 3.03. The van der Waals surface area contributed by atoms with E-state index in [1.165, 1.54) is 0 Å². The molecule has 0 saturated heterocycles. The third-order valence-corrected chi connectivity index (χ3v) is 1.42. The van der Waals surface area contributed by atoms with Crippen LogP contribution in [0.2, 0.25) is 0 Å². The van der Waals surface area contributed by atoms with Crippen LogP contribution >= 0.6 is 0 Å². The molecule has 0 aliphatic rings. The first-order valence-electron chi connectivity index (χ1n) is 3.03. The molecule has 2 N–H and O–H groups in total. The van der Waals surface area contributed by atoms with Gasteiger partial charge >= 0.3 is 0 Å². The molecular weight excluding hydrogens is 132 g/mol. The van der Waals surface area contributed by atoms with Crippen molar-refractivity contribution < 1.29 is 10.0 Å². The largest absolute Gasteiger partial charge is 0.411 e. The van der Waals surface area contributed by atoms with Crippen LogP contribution in [0.15, 0.2) is 5.16 Å². The summed E-state index contributed by atoms with van der Waals surface area (Å²) >= 11 is 0. The van der Waals surface area contributed by atoms with E-state index in [-0.39, 0.29) is 11.8 Å². The van der Waals surface area contributed by atoms with Crippen LogP contribution in [0.5, 0.6) is 0 Å². The van der Waals surface area contributed by atoms with E-state index in [9.17, 15) is 4.79 Å². The average Bonchev–Trinajstić information content (AvgIpc) is 2.00. The maximum atomic E-state index is 10.8. The highest BCUT2D eigenvalue weighted by atomic mass is 16.4. The minimum atomic E-state index is -0.352. The number of hydrogen-bond acceptors (Lipinski definition) is 3. The third-order valence-electron chi connectivity index (χ3n) is 1.42. The summed E-state index contributed by atoms with van der Waals surface area (Å²) in [5, 5.41) is 13.6. The van der Waals surface area contributed by atoms with Crippen molar-refractivity contribution in [2.75, 3.05) is 7.05 Å². The molecule has 0 aromatic heterocycles. The maximum absolute atomic E-state index is 10.8. The molecule has 0 saturated carbocycles. The highest BCUT2D eigenvalue weighted by Gasteiger charge is 2.13. The zero-order valence-electron chi connectivity index (χ0n) is 6.38. The van der Waals surface area contributed by atoms with Gasteiger partial charge in [0.2, 0.25) is 5.91 Å². The van der Waals surface area contributed by atoms with Gasteiger partial charge in [0.15, 0.2) is 0 Å². The van der Waals surface area contributed by atoms with Crippen LogP contribution in [0.25, 0.3) is 0 Å². The van der Waals surface area contributed by atoms with E-state index >= 15 is 0 Å². The molecule has 0 aromatic carbocycles. The monoisotopic (exact) mass is 144 g/mol. The molecule has 0 rings (SSSR count). The lowest BCUT2D eigenvalue weighted by molar-refractivity contribution is -0.122. The Hall–Kier alpha value is -1.06. The first kappa shape index (κ1) is 8.94. The van der Waals surface area contributed by atoms with E-state index in [2.05, 4.69) is 10.5 Å². The Morgan fingerprint density at radius 3 is 2.50 bits per heavy atom. The maximum Gasteiger partial charge on any atom is 0.228 e. The topological polar surface area (TPSA) is 61.7 Å². The SMILES string of the molecule is CNC(=O)C(C)/C(C)=N/O. The molecule has 0 spiro atoms. The second-order valence-electron chi connectivity index (χ2n) is 2.08. The molecule has 1 unspecified atom stereocenters. The number of carbonyl (C=O) groups is 1. The van der Waals surface area contributed by atoms with E-state index in [1.807, 2.05) is 0 Å². The highest BCUT2D eigenvalue weighted by Crippen LogP contribution is 1.96. The Bertz CT molecular complexity index is 154. The van der Waals surface area contributed by atoms with Gasteiger partial charge in [0.05, 0.1) is 11.6 Å². The van der Waals surface area contributed by atoms with E-state index in [4.69, 9.17) is 5.21 Å². The summed E-state index contributed by atoms with van der Waals surface area (Å²) in [5.41, 5.74) is 0.416. The minimum absolute atomic E-state index is 0.143. The molecule has 1 amide bonds. The lowest BCUT2D eigenvalue weighted by Gasteiger charge is -2.06. The highest BCUT2D eigenvalue weighted by molar-refractivity contribution is 6.02. The van der Waals surface area contributed by atoms with Crippen LogP contribution in [0, 0.1) is 5.92 Å². The first-order chi connectivity index (χ1) is 4.63. The average molecular weight is 144 g/mol. The van der Waals surface area contributed by atoms with Crippen molar-refractivity contribution in [1.82, 2.24) is 5.32 Å². The molecule has 1 atom stereocenters. The van der Waals surface area contributed by atoms with Crippen LogP contribution in [0.3, 0.4) is 0 Å². The van der Waals surface area contributed by atoms with Crippen LogP contribution in [0.4, 0.5) is 0 Å². The molecule has 0 aliphatic heterocycles. The summed E-state index contributed by atoms with van der Waals surface area (Å²) in [6.45, 7) is 3.27. The van der Waals surface area contributed by atoms with Crippen LogP contribution < -0.4 is 5.32 Å². The predicted molar refractivity (Wildman–Crippen MR) is 38.1 cm³/mol. The fourth-order valence-electron chi connectivity index (χ4n) is 0.493. The van der Waals surface area contributed by atoms with Gasteiger partial charge in [-0.25, -0.2) is 0 Å². The molecule has 0 aliphatic carbocycles. The summed E-state index contributed by atoms with van der Waals surface area (Å²) in [4.78, 5) is 10.8. The van der Waals surface area contributed by atoms with E-state index in [0.717, 1.165) is 0 Å². The summed E-state index contributed by atoms with van der Waals surface area (Å²) in [6.07, 6.45) is 0. The number of amides is 1. The van der Waals surface area contributed by atoms with Gasteiger partial charge in [0, 0.05) is 7.05 Å². The Morgan fingerprint density at radius 2 is 2.20 bits per heavy atom. The van der Waals surface area contributed by atoms with E-state index in [1.54, 1.807) is 20.9 Å². The van der Waals surface area contributed by atoms with Crippen molar-refractivity contribution in [1.29, 1.82) is 0 Å². The fourth-order valence-corrected chi connectivity index (χ4v) is 0.493. The zero-order chi connectivity index (χ0) is 8.15. The molecule has 10 heavy (non-hydrogen) atoms. The van der Waals surface area contributed by atoms with Gasteiger partial charge in [-0.05, 0) is 13.8 Å². The normalized spacial score (nSPS) is 14.5. The van der Waals surface area contributed by atoms with Gasteiger partial charge in [-0.1, -0.05) is 5.16 Å². The van der Waals surface area contributed by atoms with E-state index in [0.29, 0.717) is 5.71 Å². The summed E-state index contributed by atoms with van der Waals surface area (Å²) in [7, 11) is 1.55. The Balaban J connectivity index is 4.08. The molecular formula is C6H12N2O2. The minimum Gasteiger partial charge on any atom is -0.411 e. The lowest BCUT2D eigenvalue weighted by atomic mass is 10.1. The number of nitrogens with zero attached hydrogens (tertiary/aromatic N) is 1. The molecule has 0 fully saturated rings. The molecule has 4 nitrogen and oxygen atoms in total. The third kappa shape index (κ3) is 2.05. The summed E-state index contributed by atoms with van der Waals surface area (Å²) < 4.78 is 0. The van der Waals surface area contributed by atoms with Crippen LogP contribution in [-0.2, 0) is 4.79 Å². The Kier molecular flexibility index (Phi) is 3.46. The summed E-state index contributed by atoms with van der Waals surface area (Å²) in [6, 6.07) is 0. The van der Waals surface area contributed by atoms with E-state index < -0.39 is 0 Å². The quantitative estimate of drug-likeness (QED) is 0.331. The van der Waals surface area contributed by atoms with Gasteiger partial charge in [0.25, 0.3) is 0 Å². The van der Waals surface area contributed by atoms with Crippen LogP contribution in [-0.4, -0.2) is 23.9 Å². The molecule has 0 radical (unpaired) electrons. The van der Waals surface area contributed by atoms with Gasteiger partial charge in [-0.15, -0.1) is 0 Å². The van der Waals surface area contributed by atoms with Crippen molar-refractivity contribution in [3.8, 4) is 0 Å². The molecule has 0 bridgehead atoms. The van der Waals surface area contributed by atoms with Crippen molar-refractivity contribution >= 4 is 11.6 Å². The summed E-state index contributed by atoms with van der Waals surface area (Å²) in [5.74, 6) is -0.495. The van der Waals surface area contributed by atoms with Gasteiger partial charge in [-0.2, -0.15) is 0 Å². The zero-order valence-corrected chi connectivity index (χ0v) is 6.38.